The van der Waals surface area contributed by atoms with Crippen LogP contribution < -0.4 is 9.47 Å². The molecule has 3 aromatic carbocycles. The van der Waals surface area contributed by atoms with Crippen LogP contribution in [0.3, 0.4) is 0 Å². The fourth-order valence-corrected chi connectivity index (χ4v) is 3.22. The molecule has 6 heteroatoms. The van der Waals surface area contributed by atoms with Crippen LogP contribution in [-0.4, -0.2) is 11.9 Å². The second kappa shape index (κ2) is 8.62. The Hall–Kier alpha value is -3.80. The number of rotatable bonds is 6. The monoisotopic (exact) mass is 448 g/mol. The molecule has 0 spiro atoms. The maximum absolute atomic E-state index is 14.9. The molecule has 1 aliphatic carbocycles. The number of carbonyl (C=O) groups is 2. The van der Waals surface area contributed by atoms with E-state index in [9.17, 15) is 18.4 Å². The summed E-state index contributed by atoms with van der Waals surface area (Å²) in [5, 5.41) is 0. The Morgan fingerprint density at radius 3 is 1.61 bits per heavy atom. The molecule has 0 bridgehead atoms. The standard InChI is InChI=1S/C27H22F2O4/c1-16(2)25(30)32-19-8-4-17(5-9-19)21-12-13-22(24(29)23(21)28)18-6-10-20(11-7-18)33-26(31)27(3)14-15-27/h4-13H,1,14-15H2,2-3H3. The van der Waals surface area contributed by atoms with E-state index in [2.05, 4.69) is 6.58 Å². The lowest BCUT2D eigenvalue weighted by molar-refractivity contribution is -0.139. The van der Waals surface area contributed by atoms with Gasteiger partial charge in [0.1, 0.15) is 11.5 Å². The summed E-state index contributed by atoms with van der Waals surface area (Å²) < 4.78 is 40.3. The molecule has 33 heavy (non-hydrogen) atoms. The first kappa shape index (κ1) is 22.4. The van der Waals surface area contributed by atoms with E-state index in [0.717, 1.165) is 12.8 Å². The molecule has 0 unspecified atom stereocenters. The Kier molecular flexibility index (Phi) is 5.85. The van der Waals surface area contributed by atoms with Gasteiger partial charge in [-0.05, 0) is 62.1 Å². The van der Waals surface area contributed by atoms with Gasteiger partial charge in [0.05, 0.1) is 5.41 Å². The molecule has 1 fully saturated rings. The summed E-state index contributed by atoms with van der Waals surface area (Å²) in [6, 6.07) is 15.4. The van der Waals surface area contributed by atoms with Crippen LogP contribution in [0.4, 0.5) is 8.78 Å². The van der Waals surface area contributed by atoms with Crippen LogP contribution in [0.1, 0.15) is 26.7 Å². The molecule has 168 valence electrons. The topological polar surface area (TPSA) is 52.6 Å². The van der Waals surface area contributed by atoms with Gasteiger partial charge < -0.3 is 9.47 Å². The van der Waals surface area contributed by atoms with Crippen LogP contribution in [0.5, 0.6) is 11.5 Å². The van der Waals surface area contributed by atoms with Gasteiger partial charge in [0.15, 0.2) is 11.6 Å². The Labute approximate surface area is 190 Å². The van der Waals surface area contributed by atoms with Crippen molar-refractivity contribution < 1.29 is 27.8 Å². The number of hydrogen-bond acceptors (Lipinski definition) is 4. The number of hydrogen-bond donors (Lipinski definition) is 0. The maximum Gasteiger partial charge on any atom is 0.338 e. The number of halogens is 2. The van der Waals surface area contributed by atoms with Crippen LogP contribution in [0.15, 0.2) is 72.8 Å². The van der Waals surface area contributed by atoms with Crippen molar-refractivity contribution in [2.45, 2.75) is 26.7 Å². The lowest BCUT2D eigenvalue weighted by Crippen LogP contribution is -2.18. The lowest BCUT2D eigenvalue weighted by atomic mass is 9.98. The molecular formula is C27H22F2O4. The van der Waals surface area contributed by atoms with Crippen LogP contribution in [-0.2, 0) is 9.59 Å². The molecule has 0 saturated heterocycles. The second-order valence-corrected chi connectivity index (χ2v) is 8.46. The van der Waals surface area contributed by atoms with Gasteiger partial charge in [0.2, 0.25) is 0 Å². The van der Waals surface area contributed by atoms with E-state index in [-0.39, 0.29) is 28.4 Å². The highest BCUT2D eigenvalue weighted by molar-refractivity contribution is 5.88. The third-order valence-corrected chi connectivity index (χ3v) is 5.68. The van der Waals surface area contributed by atoms with E-state index in [1.54, 1.807) is 36.4 Å². The van der Waals surface area contributed by atoms with Crippen LogP contribution in [0, 0.1) is 17.0 Å². The molecule has 0 atom stereocenters. The van der Waals surface area contributed by atoms with Crippen molar-refractivity contribution in [3.05, 3.63) is 84.5 Å². The van der Waals surface area contributed by atoms with Gasteiger partial charge in [-0.1, -0.05) is 43.0 Å². The van der Waals surface area contributed by atoms with Gasteiger partial charge in [-0.15, -0.1) is 0 Å². The predicted octanol–water partition coefficient (Wildman–Crippen LogP) is 6.49. The summed E-state index contributed by atoms with van der Waals surface area (Å²) in [5.74, 6) is -2.18. The van der Waals surface area contributed by atoms with Crippen molar-refractivity contribution in [3.63, 3.8) is 0 Å². The summed E-state index contributed by atoms with van der Waals surface area (Å²) >= 11 is 0. The van der Waals surface area contributed by atoms with Gasteiger partial charge in [0.25, 0.3) is 0 Å². The van der Waals surface area contributed by atoms with Crippen molar-refractivity contribution in [1.82, 2.24) is 0 Å². The summed E-state index contributed by atoms with van der Waals surface area (Å²) in [6.07, 6.45) is 1.62. The Morgan fingerprint density at radius 1 is 0.788 bits per heavy atom. The van der Waals surface area contributed by atoms with Crippen molar-refractivity contribution in [1.29, 1.82) is 0 Å². The molecule has 0 aromatic heterocycles. The zero-order valence-corrected chi connectivity index (χ0v) is 18.3. The van der Waals surface area contributed by atoms with Gasteiger partial charge >= 0.3 is 11.9 Å². The average molecular weight is 448 g/mol. The van der Waals surface area contributed by atoms with E-state index >= 15 is 0 Å². The Bertz CT molecular complexity index is 1240. The average Bonchev–Trinajstić information content (AvgIpc) is 3.55. The third kappa shape index (κ3) is 4.70. The van der Waals surface area contributed by atoms with E-state index in [1.807, 2.05) is 6.92 Å². The highest BCUT2D eigenvalue weighted by atomic mass is 19.2. The van der Waals surface area contributed by atoms with E-state index in [0.29, 0.717) is 16.9 Å². The first-order valence-corrected chi connectivity index (χ1v) is 10.5. The van der Waals surface area contributed by atoms with Crippen molar-refractivity contribution in [2.24, 2.45) is 5.41 Å². The highest BCUT2D eigenvalue weighted by Crippen LogP contribution is 2.46. The molecule has 0 N–H and O–H groups in total. The van der Waals surface area contributed by atoms with Crippen LogP contribution in [0.2, 0.25) is 0 Å². The largest absolute Gasteiger partial charge is 0.426 e. The number of esters is 2. The van der Waals surface area contributed by atoms with Crippen molar-refractivity contribution in [2.75, 3.05) is 0 Å². The van der Waals surface area contributed by atoms with E-state index in [4.69, 9.17) is 9.47 Å². The molecule has 3 aromatic rings. The third-order valence-electron chi connectivity index (χ3n) is 5.68. The van der Waals surface area contributed by atoms with E-state index in [1.165, 1.54) is 31.2 Å². The number of ether oxygens (including phenoxy) is 2. The Balaban J connectivity index is 1.53. The maximum atomic E-state index is 14.9. The van der Waals surface area contributed by atoms with Crippen LogP contribution in [0.25, 0.3) is 22.3 Å². The SMILES string of the molecule is C=C(C)C(=O)Oc1ccc(-c2ccc(-c3ccc(OC(=O)C4(C)CC4)cc3)c(F)c2F)cc1. The van der Waals surface area contributed by atoms with Gasteiger partial charge in [0, 0.05) is 16.7 Å². The quantitative estimate of drug-likeness (QED) is 0.246. The first-order valence-electron chi connectivity index (χ1n) is 10.5. The molecule has 0 radical (unpaired) electrons. The first-order chi connectivity index (χ1) is 15.7. The summed E-state index contributed by atoms with van der Waals surface area (Å²) in [6.45, 7) is 6.90. The predicted molar refractivity (Wildman–Crippen MR) is 121 cm³/mol. The minimum absolute atomic E-state index is 0.0808. The van der Waals surface area contributed by atoms with Crippen LogP contribution >= 0.6 is 0 Å². The zero-order valence-electron chi connectivity index (χ0n) is 18.3. The molecule has 1 aliphatic rings. The molecule has 4 rings (SSSR count). The summed E-state index contributed by atoms with van der Waals surface area (Å²) in [4.78, 5) is 23.7. The highest BCUT2D eigenvalue weighted by Gasteiger charge is 2.46. The Morgan fingerprint density at radius 2 is 1.21 bits per heavy atom. The van der Waals surface area contributed by atoms with Crippen molar-refractivity contribution >= 4 is 11.9 Å². The lowest BCUT2D eigenvalue weighted by Gasteiger charge is -2.11. The van der Waals surface area contributed by atoms with Gasteiger partial charge in [-0.2, -0.15) is 0 Å². The zero-order chi connectivity index (χ0) is 23.8. The molecule has 0 heterocycles. The fourth-order valence-electron chi connectivity index (χ4n) is 3.22. The molecule has 1 saturated carbocycles. The van der Waals surface area contributed by atoms with Gasteiger partial charge in [-0.25, -0.2) is 13.6 Å². The minimum atomic E-state index is -0.989. The summed E-state index contributed by atoms with van der Waals surface area (Å²) in [7, 11) is 0. The molecule has 0 amide bonds. The molecule has 0 aliphatic heterocycles. The molecule has 4 nitrogen and oxygen atoms in total. The summed E-state index contributed by atoms with van der Waals surface area (Å²) in [5.41, 5.74) is 0.911. The van der Waals surface area contributed by atoms with Crippen molar-refractivity contribution in [3.8, 4) is 33.8 Å². The number of benzene rings is 3. The normalized spacial score (nSPS) is 13.8. The fraction of sp³-hybridized carbons (Fsp3) is 0.185. The number of carbonyl (C=O) groups excluding carboxylic acids is 2. The second-order valence-electron chi connectivity index (χ2n) is 8.46. The molecular weight excluding hydrogens is 426 g/mol. The van der Waals surface area contributed by atoms with E-state index < -0.39 is 23.0 Å². The minimum Gasteiger partial charge on any atom is -0.426 e. The van der Waals surface area contributed by atoms with Gasteiger partial charge in [-0.3, -0.25) is 4.79 Å². The smallest absolute Gasteiger partial charge is 0.338 e.